The van der Waals surface area contributed by atoms with Gasteiger partial charge in [0.05, 0.1) is 6.67 Å². The van der Waals surface area contributed by atoms with Crippen LogP contribution >= 0.6 is 0 Å². The van der Waals surface area contributed by atoms with E-state index in [0.29, 0.717) is 5.92 Å². The van der Waals surface area contributed by atoms with Gasteiger partial charge in [0.25, 0.3) is 0 Å². The summed E-state index contributed by atoms with van der Waals surface area (Å²) in [6.45, 7) is 6.59. The van der Waals surface area contributed by atoms with Crippen molar-refractivity contribution in [3.8, 4) is 0 Å². The standard InChI is InChI=1S/C12H24N2O2/c1-12(2,3)16-11(15)14(9-13)8-10-6-4-5-7-10/h10H,4-9,13H2,1-3H3. The minimum atomic E-state index is -0.444. The molecule has 0 aromatic carbocycles. The summed E-state index contributed by atoms with van der Waals surface area (Å²) in [5.74, 6) is 0.607. The quantitative estimate of drug-likeness (QED) is 0.754. The lowest BCUT2D eigenvalue weighted by Gasteiger charge is -2.28. The normalized spacial score (nSPS) is 17.5. The van der Waals surface area contributed by atoms with Crippen LogP contribution in [-0.4, -0.2) is 29.8 Å². The van der Waals surface area contributed by atoms with E-state index in [2.05, 4.69) is 0 Å². The zero-order chi connectivity index (χ0) is 12.2. The number of nitrogens with two attached hydrogens (primary N) is 1. The van der Waals surface area contributed by atoms with E-state index in [1.807, 2.05) is 20.8 Å². The van der Waals surface area contributed by atoms with Crippen LogP contribution in [0.3, 0.4) is 0 Å². The molecule has 0 heterocycles. The van der Waals surface area contributed by atoms with Gasteiger partial charge in [0, 0.05) is 6.54 Å². The van der Waals surface area contributed by atoms with E-state index in [4.69, 9.17) is 10.5 Å². The fraction of sp³-hybridized carbons (Fsp3) is 0.917. The molecule has 16 heavy (non-hydrogen) atoms. The van der Waals surface area contributed by atoms with Crippen LogP contribution in [0.25, 0.3) is 0 Å². The Kier molecular flexibility index (Phi) is 4.59. The zero-order valence-electron chi connectivity index (χ0n) is 10.7. The molecule has 94 valence electrons. The van der Waals surface area contributed by atoms with Crippen LogP contribution in [0.1, 0.15) is 46.5 Å². The average Bonchev–Trinajstić information content (AvgIpc) is 2.63. The molecular weight excluding hydrogens is 204 g/mol. The molecule has 0 atom stereocenters. The highest BCUT2D eigenvalue weighted by atomic mass is 16.6. The first-order chi connectivity index (χ1) is 7.42. The van der Waals surface area contributed by atoms with Gasteiger partial charge in [-0.2, -0.15) is 0 Å². The van der Waals surface area contributed by atoms with E-state index < -0.39 is 5.60 Å². The molecule has 0 spiro atoms. The van der Waals surface area contributed by atoms with E-state index in [0.717, 1.165) is 6.54 Å². The van der Waals surface area contributed by atoms with E-state index in [9.17, 15) is 4.79 Å². The molecule has 0 aliphatic heterocycles. The van der Waals surface area contributed by atoms with Crippen LogP contribution in [0, 0.1) is 5.92 Å². The summed E-state index contributed by atoms with van der Waals surface area (Å²) in [4.78, 5) is 13.4. The minimum absolute atomic E-state index is 0.241. The average molecular weight is 228 g/mol. The molecule has 0 radical (unpaired) electrons. The molecule has 1 saturated carbocycles. The van der Waals surface area contributed by atoms with Crippen LogP contribution in [0.4, 0.5) is 4.79 Å². The largest absolute Gasteiger partial charge is 0.444 e. The number of nitrogens with zero attached hydrogens (tertiary/aromatic N) is 1. The molecule has 1 amide bonds. The molecule has 0 saturated heterocycles. The molecule has 1 fully saturated rings. The predicted octanol–water partition coefficient (Wildman–Crippen LogP) is 2.33. The Labute approximate surface area is 98.1 Å². The number of hydrogen-bond donors (Lipinski definition) is 1. The van der Waals surface area contributed by atoms with Crippen molar-refractivity contribution >= 4 is 6.09 Å². The van der Waals surface area contributed by atoms with Gasteiger partial charge in [-0.05, 0) is 39.5 Å². The van der Waals surface area contributed by atoms with Crippen molar-refractivity contribution in [1.29, 1.82) is 0 Å². The number of rotatable bonds is 3. The van der Waals surface area contributed by atoms with Crippen molar-refractivity contribution in [3.63, 3.8) is 0 Å². The van der Waals surface area contributed by atoms with E-state index in [1.165, 1.54) is 25.7 Å². The minimum Gasteiger partial charge on any atom is -0.444 e. The van der Waals surface area contributed by atoms with Crippen LogP contribution in [0.5, 0.6) is 0 Å². The third-order valence-electron chi connectivity index (χ3n) is 2.83. The molecule has 2 N–H and O–H groups in total. The van der Waals surface area contributed by atoms with Crippen molar-refractivity contribution in [2.75, 3.05) is 13.2 Å². The Hall–Kier alpha value is -0.770. The summed E-state index contributed by atoms with van der Waals surface area (Å²) in [7, 11) is 0. The van der Waals surface area contributed by atoms with Crippen LogP contribution in [-0.2, 0) is 4.74 Å². The van der Waals surface area contributed by atoms with Gasteiger partial charge >= 0.3 is 6.09 Å². The number of carbonyl (C=O) groups is 1. The summed E-state index contributed by atoms with van der Waals surface area (Å²) in [6.07, 6.45) is 4.68. The van der Waals surface area contributed by atoms with Crippen molar-refractivity contribution in [2.24, 2.45) is 11.7 Å². The zero-order valence-corrected chi connectivity index (χ0v) is 10.7. The Morgan fingerprint density at radius 2 is 1.94 bits per heavy atom. The topological polar surface area (TPSA) is 55.6 Å². The number of hydrogen-bond acceptors (Lipinski definition) is 3. The number of carbonyl (C=O) groups excluding carboxylic acids is 1. The maximum absolute atomic E-state index is 11.8. The highest BCUT2D eigenvalue weighted by molar-refractivity contribution is 5.68. The van der Waals surface area contributed by atoms with Gasteiger partial charge in [0.1, 0.15) is 5.60 Å². The molecule has 0 bridgehead atoms. The number of ether oxygens (including phenoxy) is 1. The van der Waals surface area contributed by atoms with Crippen molar-refractivity contribution in [2.45, 2.75) is 52.1 Å². The Balaban J connectivity index is 2.43. The Bertz CT molecular complexity index is 230. The molecule has 0 aromatic rings. The summed E-state index contributed by atoms with van der Waals surface area (Å²) in [5.41, 5.74) is 5.15. The summed E-state index contributed by atoms with van der Waals surface area (Å²) >= 11 is 0. The van der Waals surface area contributed by atoms with Crippen molar-refractivity contribution < 1.29 is 9.53 Å². The van der Waals surface area contributed by atoms with Gasteiger partial charge in [0.2, 0.25) is 0 Å². The van der Waals surface area contributed by atoms with Crippen LogP contribution in [0.15, 0.2) is 0 Å². The molecule has 1 rings (SSSR count). The third kappa shape index (κ3) is 4.39. The van der Waals surface area contributed by atoms with Gasteiger partial charge in [-0.15, -0.1) is 0 Å². The van der Waals surface area contributed by atoms with E-state index in [1.54, 1.807) is 4.90 Å². The maximum atomic E-state index is 11.8. The van der Waals surface area contributed by atoms with E-state index >= 15 is 0 Å². The van der Waals surface area contributed by atoms with Gasteiger partial charge in [-0.25, -0.2) is 4.79 Å². The first-order valence-electron chi connectivity index (χ1n) is 6.10. The molecular formula is C12H24N2O2. The first-order valence-corrected chi connectivity index (χ1v) is 6.10. The Morgan fingerprint density at radius 3 is 2.38 bits per heavy atom. The smallest absolute Gasteiger partial charge is 0.411 e. The second-order valence-electron chi connectivity index (χ2n) is 5.54. The molecule has 1 aliphatic carbocycles. The molecule has 0 aromatic heterocycles. The molecule has 1 aliphatic rings. The third-order valence-corrected chi connectivity index (χ3v) is 2.83. The van der Waals surface area contributed by atoms with Gasteiger partial charge < -0.3 is 10.5 Å². The lowest BCUT2D eigenvalue weighted by molar-refractivity contribution is 0.0227. The van der Waals surface area contributed by atoms with Crippen molar-refractivity contribution in [1.82, 2.24) is 4.90 Å². The van der Waals surface area contributed by atoms with Gasteiger partial charge in [-0.1, -0.05) is 12.8 Å². The van der Waals surface area contributed by atoms with Gasteiger partial charge in [-0.3, -0.25) is 4.90 Å². The highest BCUT2D eigenvalue weighted by Gasteiger charge is 2.25. The monoisotopic (exact) mass is 228 g/mol. The summed E-state index contributed by atoms with van der Waals surface area (Å²) in [5, 5.41) is 0. The summed E-state index contributed by atoms with van der Waals surface area (Å²) in [6, 6.07) is 0. The Morgan fingerprint density at radius 1 is 1.38 bits per heavy atom. The van der Waals surface area contributed by atoms with Crippen molar-refractivity contribution in [3.05, 3.63) is 0 Å². The molecule has 0 unspecified atom stereocenters. The lowest BCUT2D eigenvalue weighted by atomic mass is 10.1. The second-order valence-corrected chi connectivity index (χ2v) is 5.54. The first kappa shape index (κ1) is 13.3. The fourth-order valence-electron chi connectivity index (χ4n) is 2.05. The second kappa shape index (κ2) is 5.53. The maximum Gasteiger partial charge on any atom is 0.411 e. The van der Waals surface area contributed by atoms with Gasteiger partial charge in [0.15, 0.2) is 0 Å². The van der Waals surface area contributed by atoms with Crippen LogP contribution in [0.2, 0.25) is 0 Å². The summed E-state index contributed by atoms with van der Waals surface area (Å²) < 4.78 is 5.31. The predicted molar refractivity (Wildman–Crippen MR) is 64.0 cm³/mol. The molecule has 4 heteroatoms. The SMILES string of the molecule is CC(C)(C)OC(=O)N(CN)CC1CCCC1. The fourth-order valence-corrected chi connectivity index (χ4v) is 2.05. The lowest BCUT2D eigenvalue weighted by Crippen LogP contribution is -2.42. The number of amides is 1. The van der Waals surface area contributed by atoms with Crippen LogP contribution < -0.4 is 5.73 Å². The van der Waals surface area contributed by atoms with E-state index in [-0.39, 0.29) is 12.8 Å². The highest BCUT2D eigenvalue weighted by Crippen LogP contribution is 2.25. The molecule has 4 nitrogen and oxygen atoms in total.